The number of phosphoric acid groups is 1. The maximum absolute atomic E-state index is 12.8. The van der Waals surface area contributed by atoms with Gasteiger partial charge in [-0.1, -0.05) is 194 Å². The minimum Gasteiger partial charge on any atom is -0.391 e. The highest BCUT2D eigenvalue weighted by molar-refractivity contribution is 7.47. The predicted octanol–water partition coefficient (Wildman–Crippen LogP) is 11.8. The fraction of sp³-hybridized carbons (Fsp3) is 0.976. The topological polar surface area (TPSA) is 105 Å². The fourth-order valence-corrected chi connectivity index (χ4v) is 7.31. The third kappa shape index (κ3) is 37.6. The van der Waals surface area contributed by atoms with Crippen LogP contribution in [0.25, 0.3) is 0 Å². The van der Waals surface area contributed by atoms with Crippen LogP contribution in [0.15, 0.2) is 0 Å². The Bertz CT molecular complexity index is 809. The summed E-state index contributed by atoms with van der Waals surface area (Å²) in [4.78, 5) is 23.1. The maximum Gasteiger partial charge on any atom is 0.472 e. The predicted molar refractivity (Wildman–Crippen MR) is 217 cm³/mol. The zero-order chi connectivity index (χ0) is 37.9. The Labute approximate surface area is 317 Å². The summed E-state index contributed by atoms with van der Waals surface area (Å²) in [6, 6.07) is -0.751. The van der Waals surface area contributed by atoms with E-state index < -0.39 is 20.0 Å². The van der Waals surface area contributed by atoms with Gasteiger partial charge >= 0.3 is 7.82 Å². The molecule has 0 spiro atoms. The van der Waals surface area contributed by atoms with Crippen LogP contribution in [-0.2, 0) is 18.4 Å². The molecule has 0 saturated carbocycles. The zero-order valence-electron chi connectivity index (χ0n) is 34.6. The summed E-state index contributed by atoms with van der Waals surface area (Å²) in [5.41, 5.74) is 0. The summed E-state index contributed by atoms with van der Waals surface area (Å²) in [5, 5.41) is 13.9. The van der Waals surface area contributed by atoms with Crippen LogP contribution in [0.4, 0.5) is 0 Å². The van der Waals surface area contributed by atoms with Crippen LogP contribution < -0.4 is 5.32 Å². The van der Waals surface area contributed by atoms with Gasteiger partial charge < -0.3 is 19.8 Å². The highest BCUT2D eigenvalue weighted by atomic mass is 31.2. The van der Waals surface area contributed by atoms with E-state index >= 15 is 0 Å². The Morgan fingerprint density at radius 1 is 0.588 bits per heavy atom. The van der Waals surface area contributed by atoms with E-state index in [0.29, 0.717) is 23.9 Å². The van der Waals surface area contributed by atoms with E-state index in [9.17, 15) is 19.4 Å². The normalized spacial score (nSPS) is 14.4. The number of unbranched alkanes of at least 4 members (excludes halogenated alkanes) is 27. The average Bonchev–Trinajstić information content (AvgIpc) is 3.07. The third-order valence-electron chi connectivity index (χ3n) is 10.1. The molecule has 0 radical (unpaired) electrons. The molecule has 0 aliphatic carbocycles. The van der Waals surface area contributed by atoms with E-state index in [1.54, 1.807) is 0 Å². The lowest BCUT2D eigenvalue weighted by Gasteiger charge is -2.26. The summed E-state index contributed by atoms with van der Waals surface area (Å²) in [7, 11) is 1.63. The number of nitrogens with one attached hydrogen (secondary N) is 1. The first-order valence-corrected chi connectivity index (χ1v) is 23.4. The molecule has 0 aromatic carbocycles. The van der Waals surface area contributed by atoms with Crippen LogP contribution in [0.1, 0.15) is 213 Å². The van der Waals surface area contributed by atoms with Crippen LogP contribution >= 0.6 is 7.82 Å². The molecule has 8 nitrogen and oxygen atoms in total. The van der Waals surface area contributed by atoms with Crippen LogP contribution in [-0.4, -0.2) is 73.4 Å². The van der Waals surface area contributed by atoms with Gasteiger partial charge in [-0.2, -0.15) is 0 Å². The number of likely N-dealkylation sites (N-methyl/N-ethyl adjacent to an activating group) is 1. The highest BCUT2D eigenvalue weighted by Gasteiger charge is 2.28. The van der Waals surface area contributed by atoms with Crippen LogP contribution in [0.3, 0.4) is 0 Å². The average molecular weight is 748 g/mol. The number of hydrogen-bond donors (Lipinski definition) is 3. The van der Waals surface area contributed by atoms with E-state index in [2.05, 4.69) is 19.2 Å². The summed E-state index contributed by atoms with van der Waals surface area (Å²) in [6.45, 7) is 4.89. The summed E-state index contributed by atoms with van der Waals surface area (Å²) >= 11 is 0. The second-order valence-electron chi connectivity index (χ2n) is 16.4. The molecule has 0 aliphatic rings. The first kappa shape index (κ1) is 50.5. The molecule has 306 valence electrons. The van der Waals surface area contributed by atoms with Crippen molar-refractivity contribution in [1.82, 2.24) is 5.32 Å². The highest BCUT2D eigenvalue weighted by Crippen LogP contribution is 2.43. The number of carbonyl (C=O) groups is 1. The van der Waals surface area contributed by atoms with Crippen LogP contribution in [0.5, 0.6) is 0 Å². The molecule has 0 rings (SSSR count). The van der Waals surface area contributed by atoms with Gasteiger partial charge in [0.15, 0.2) is 0 Å². The second kappa shape index (κ2) is 35.2. The van der Waals surface area contributed by atoms with Crippen molar-refractivity contribution in [2.45, 2.75) is 225 Å². The van der Waals surface area contributed by atoms with E-state index in [0.717, 1.165) is 38.5 Å². The fourth-order valence-electron chi connectivity index (χ4n) is 6.58. The van der Waals surface area contributed by atoms with E-state index in [4.69, 9.17) is 9.05 Å². The molecule has 0 aromatic rings. The van der Waals surface area contributed by atoms with Gasteiger partial charge in [0.1, 0.15) is 13.2 Å². The molecule has 51 heavy (non-hydrogen) atoms. The molecular weight excluding hydrogens is 659 g/mol. The minimum absolute atomic E-state index is 0.0782. The number of rotatable bonds is 40. The van der Waals surface area contributed by atoms with Gasteiger partial charge in [0.2, 0.25) is 5.91 Å². The van der Waals surface area contributed by atoms with Gasteiger partial charge in [0.05, 0.1) is 39.9 Å². The molecule has 0 aliphatic heterocycles. The monoisotopic (exact) mass is 748 g/mol. The lowest BCUT2D eigenvalue weighted by atomic mass is 10.0. The Hall–Kier alpha value is -0.500. The first-order chi connectivity index (χ1) is 24.5. The van der Waals surface area contributed by atoms with Gasteiger partial charge in [0.25, 0.3) is 0 Å². The van der Waals surface area contributed by atoms with Crippen molar-refractivity contribution in [2.24, 2.45) is 0 Å². The van der Waals surface area contributed by atoms with Crippen molar-refractivity contribution in [1.29, 1.82) is 0 Å². The molecule has 3 N–H and O–H groups in total. The van der Waals surface area contributed by atoms with Gasteiger partial charge in [-0.25, -0.2) is 4.57 Å². The van der Waals surface area contributed by atoms with Crippen molar-refractivity contribution < 1.29 is 32.9 Å². The van der Waals surface area contributed by atoms with E-state index in [1.807, 2.05) is 21.1 Å². The van der Waals surface area contributed by atoms with E-state index in [-0.39, 0.29) is 19.1 Å². The van der Waals surface area contributed by atoms with Crippen molar-refractivity contribution >= 4 is 13.7 Å². The summed E-state index contributed by atoms with van der Waals surface area (Å²) < 4.78 is 23.6. The quantitative estimate of drug-likeness (QED) is 0.0327. The lowest BCUT2D eigenvalue weighted by Crippen LogP contribution is -2.46. The molecule has 0 fully saturated rings. The zero-order valence-corrected chi connectivity index (χ0v) is 35.5. The number of quaternary nitrogens is 1. The number of hydrogen-bond acceptors (Lipinski definition) is 5. The van der Waals surface area contributed by atoms with Gasteiger partial charge in [0, 0.05) is 6.42 Å². The Morgan fingerprint density at radius 3 is 1.31 bits per heavy atom. The van der Waals surface area contributed by atoms with Gasteiger partial charge in [-0.05, 0) is 12.8 Å². The number of aliphatic hydroxyl groups is 1. The number of amides is 1. The molecule has 0 heterocycles. The lowest BCUT2D eigenvalue weighted by molar-refractivity contribution is -0.870. The molecule has 3 atom stereocenters. The molecule has 3 unspecified atom stereocenters. The minimum atomic E-state index is -4.30. The number of nitrogens with zero attached hydrogens (tertiary/aromatic N) is 1. The van der Waals surface area contributed by atoms with Crippen molar-refractivity contribution in [3.05, 3.63) is 0 Å². The van der Waals surface area contributed by atoms with Crippen molar-refractivity contribution in [2.75, 3.05) is 40.9 Å². The second-order valence-corrected chi connectivity index (χ2v) is 17.9. The Kier molecular flexibility index (Phi) is 34.9. The van der Waals surface area contributed by atoms with Crippen molar-refractivity contribution in [3.63, 3.8) is 0 Å². The standard InChI is InChI=1S/C42H87N2O6P/c1-6-8-10-12-14-16-18-19-20-21-22-23-24-25-26-28-30-32-34-36-42(46)43-40(39-50-51(47,48)49-38-37-44(3,4)5)41(45)35-33-31-29-27-17-15-13-11-9-7-2/h40-41,45H,6-39H2,1-5H3,(H-,43,46,47,48)/p+1. The first-order valence-electron chi connectivity index (χ1n) is 21.9. The molecular formula is C42H88N2O6P+. The number of carbonyl (C=O) groups excluding carboxylic acids is 1. The number of aliphatic hydroxyl groups excluding tert-OH is 1. The summed E-state index contributed by atoms with van der Waals surface area (Å²) in [6.07, 6.45) is 37.0. The maximum atomic E-state index is 12.8. The van der Waals surface area contributed by atoms with E-state index in [1.165, 1.54) is 148 Å². The smallest absolute Gasteiger partial charge is 0.391 e. The third-order valence-corrected chi connectivity index (χ3v) is 11.1. The Balaban J connectivity index is 4.24. The SMILES string of the molecule is CCCCCCCCCCCCCCCCCCCCCC(=O)NC(COP(=O)(O)OCC[N+](C)(C)C)C(O)CCCCCCCCCCCC. The number of phosphoric ester groups is 1. The molecule has 1 amide bonds. The van der Waals surface area contributed by atoms with Crippen molar-refractivity contribution in [3.8, 4) is 0 Å². The van der Waals surface area contributed by atoms with Gasteiger partial charge in [-0.3, -0.25) is 13.8 Å². The Morgan fingerprint density at radius 2 is 0.941 bits per heavy atom. The van der Waals surface area contributed by atoms with Crippen LogP contribution in [0, 0.1) is 0 Å². The molecule has 0 saturated heterocycles. The molecule has 0 aromatic heterocycles. The molecule has 0 bridgehead atoms. The largest absolute Gasteiger partial charge is 0.472 e. The summed E-state index contributed by atoms with van der Waals surface area (Å²) in [5.74, 6) is -0.142. The molecule has 9 heteroatoms. The van der Waals surface area contributed by atoms with Crippen LogP contribution in [0.2, 0.25) is 0 Å². The van der Waals surface area contributed by atoms with Gasteiger partial charge in [-0.15, -0.1) is 0 Å².